The molecule has 3 atom stereocenters. The van der Waals surface area contributed by atoms with Crippen molar-refractivity contribution in [3.8, 4) is 17.2 Å². The average Bonchev–Trinajstić information content (AvgIpc) is 2.54. The lowest BCUT2D eigenvalue weighted by molar-refractivity contribution is 0.317. The minimum atomic E-state index is 0.440. The summed E-state index contributed by atoms with van der Waals surface area (Å²) in [5, 5.41) is 0. The van der Waals surface area contributed by atoms with Crippen LogP contribution in [-0.2, 0) is 0 Å². The van der Waals surface area contributed by atoms with Crippen LogP contribution in [0.1, 0.15) is 61.6 Å². The van der Waals surface area contributed by atoms with E-state index in [1.165, 1.54) is 17.5 Å². The molecule has 0 spiro atoms. The highest BCUT2D eigenvalue weighted by Crippen LogP contribution is 2.55. The van der Waals surface area contributed by atoms with E-state index in [9.17, 15) is 0 Å². The lowest BCUT2D eigenvalue weighted by Gasteiger charge is -2.36. The second-order valence-electron chi connectivity index (χ2n) is 6.64. The molecule has 1 aromatic carbocycles. The number of hydrogen-bond acceptors (Lipinski definition) is 3. The molecule has 0 fully saturated rings. The fourth-order valence-corrected chi connectivity index (χ4v) is 4.13. The van der Waals surface area contributed by atoms with Gasteiger partial charge in [-0.05, 0) is 43.9 Å². The summed E-state index contributed by atoms with van der Waals surface area (Å²) in [6, 6.07) is 0. The molecule has 1 aliphatic rings. The molecule has 1 unspecified atom stereocenters. The maximum absolute atomic E-state index is 5.83. The van der Waals surface area contributed by atoms with Gasteiger partial charge in [-0.2, -0.15) is 0 Å². The first kappa shape index (κ1) is 17.7. The molecule has 23 heavy (non-hydrogen) atoms. The van der Waals surface area contributed by atoms with Gasteiger partial charge in [0.15, 0.2) is 11.5 Å². The summed E-state index contributed by atoms with van der Waals surface area (Å²) in [6.45, 7) is 10.5. The van der Waals surface area contributed by atoms with Gasteiger partial charge in [0.2, 0.25) is 0 Å². The summed E-state index contributed by atoms with van der Waals surface area (Å²) in [7, 11) is 5.18. The smallest absolute Gasteiger partial charge is 0.167 e. The zero-order valence-corrected chi connectivity index (χ0v) is 15.4. The van der Waals surface area contributed by atoms with Gasteiger partial charge in [-0.25, -0.2) is 0 Å². The molecular formula is C20H30O3. The number of fused-ring (bicyclic) bond motifs is 1. The van der Waals surface area contributed by atoms with E-state index in [1.807, 2.05) is 6.08 Å². The predicted molar refractivity (Wildman–Crippen MR) is 95.2 cm³/mol. The first-order chi connectivity index (χ1) is 11.0. The zero-order chi connectivity index (χ0) is 17.1. The number of benzene rings is 1. The van der Waals surface area contributed by atoms with Crippen molar-refractivity contribution in [1.29, 1.82) is 0 Å². The summed E-state index contributed by atoms with van der Waals surface area (Å²) < 4.78 is 17.2. The lowest BCUT2D eigenvalue weighted by atomic mass is 9.70. The van der Waals surface area contributed by atoms with E-state index in [-0.39, 0.29) is 0 Å². The van der Waals surface area contributed by atoms with Crippen molar-refractivity contribution in [2.45, 2.75) is 51.9 Å². The van der Waals surface area contributed by atoms with E-state index < -0.39 is 0 Å². The highest BCUT2D eigenvalue weighted by atomic mass is 16.5. The van der Waals surface area contributed by atoms with Gasteiger partial charge in [0, 0.05) is 16.7 Å². The largest absolute Gasteiger partial charge is 0.496 e. The van der Waals surface area contributed by atoms with E-state index in [2.05, 4.69) is 27.4 Å². The van der Waals surface area contributed by atoms with Crippen LogP contribution in [0.4, 0.5) is 0 Å². The molecule has 128 valence electrons. The Morgan fingerprint density at radius 2 is 1.65 bits per heavy atom. The van der Waals surface area contributed by atoms with E-state index >= 15 is 0 Å². The SMILES string of the molecule is C=CCC(C)[C@H]1CC[C@H](C)c2c(OC)c(OC)c(C)c(OC)c21. The summed E-state index contributed by atoms with van der Waals surface area (Å²) in [5.74, 6) is 4.08. The van der Waals surface area contributed by atoms with Crippen LogP contribution >= 0.6 is 0 Å². The fourth-order valence-electron chi connectivity index (χ4n) is 4.13. The Labute approximate surface area is 140 Å². The van der Waals surface area contributed by atoms with Crippen molar-refractivity contribution in [1.82, 2.24) is 0 Å². The molecule has 0 aliphatic heterocycles. The Kier molecular flexibility index (Phi) is 5.61. The van der Waals surface area contributed by atoms with E-state index in [0.29, 0.717) is 17.8 Å². The normalized spacial score (nSPS) is 21.3. The topological polar surface area (TPSA) is 27.7 Å². The van der Waals surface area contributed by atoms with Crippen molar-refractivity contribution in [2.75, 3.05) is 21.3 Å². The summed E-state index contributed by atoms with van der Waals surface area (Å²) >= 11 is 0. The van der Waals surface area contributed by atoms with E-state index in [4.69, 9.17) is 14.2 Å². The molecule has 0 amide bonds. The summed E-state index contributed by atoms with van der Waals surface area (Å²) in [6.07, 6.45) is 5.36. The molecule has 0 saturated carbocycles. The van der Waals surface area contributed by atoms with Crippen molar-refractivity contribution in [3.05, 3.63) is 29.3 Å². The predicted octanol–water partition coefficient (Wildman–Crippen LogP) is 5.21. The third kappa shape index (κ3) is 2.93. The van der Waals surface area contributed by atoms with Gasteiger partial charge < -0.3 is 14.2 Å². The second kappa shape index (κ2) is 7.29. The third-order valence-corrected chi connectivity index (χ3v) is 5.28. The van der Waals surface area contributed by atoms with E-state index in [1.54, 1.807) is 21.3 Å². The van der Waals surface area contributed by atoms with Gasteiger partial charge in [0.05, 0.1) is 21.3 Å². The molecular weight excluding hydrogens is 288 g/mol. The Balaban J connectivity index is 2.76. The molecule has 0 N–H and O–H groups in total. The zero-order valence-electron chi connectivity index (χ0n) is 15.4. The molecule has 0 aromatic heterocycles. The maximum atomic E-state index is 5.83. The molecule has 0 saturated heterocycles. The molecule has 0 radical (unpaired) electrons. The van der Waals surface area contributed by atoms with Crippen molar-refractivity contribution < 1.29 is 14.2 Å². The number of allylic oxidation sites excluding steroid dienone is 1. The quantitative estimate of drug-likeness (QED) is 0.674. The minimum absolute atomic E-state index is 0.440. The van der Waals surface area contributed by atoms with Crippen LogP contribution < -0.4 is 14.2 Å². The van der Waals surface area contributed by atoms with Crippen LogP contribution in [0.3, 0.4) is 0 Å². The number of methoxy groups -OCH3 is 3. The lowest BCUT2D eigenvalue weighted by Crippen LogP contribution is -2.21. The fraction of sp³-hybridized carbons (Fsp3) is 0.600. The molecule has 0 heterocycles. The van der Waals surface area contributed by atoms with Crippen LogP contribution in [0.15, 0.2) is 12.7 Å². The average molecular weight is 318 g/mol. The molecule has 1 aliphatic carbocycles. The van der Waals surface area contributed by atoms with E-state index in [0.717, 1.165) is 35.7 Å². The Bertz CT molecular complexity index is 577. The van der Waals surface area contributed by atoms with Gasteiger partial charge in [0.25, 0.3) is 0 Å². The molecule has 1 aromatic rings. The minimum Gasteiger partial charge on any atom is -0.496 e. The van der Waals surface area contributed by atoms with Crippen LogP contribution in [-0.4, -0.2) is 21.3 Å². The molecule has 0 bridgehead atoms. The Morgan fingerprint density at radius 3 is 2.17 bits per heavy atom. The summed E-state index contributed by atoms with van der Waals surface area (Å²) in [5.41, 5.74) is 3.60. The monoisotopic (exact) mass is 318 g/mol. The Hall–Kier alpha value is -1.64. The highest BCUT2D eigenvalue weighted by molar-refractivity contribution is 5.65. The van der Waals surface area contributed by atoms with Crippen LogP contribution in [0, 0.1) is 12.8 Å². The number of rotatable bonds is 6. The molecule has 3 heteroatoms. The van der Waals surface area contributed by atoms with Crippen molar-refractivity contribution in [3.63, 3.8) is 0 Å². The van der Waals surface area contributed by atoms with Crippen molar-refractivity contribution >= 4 is 0 Å². The summed E-state index contributed by atoms with van der Waals surface area (Å²) in [4.78, 5) is 0. The standard InChI is InChI=1S/C20H30O3/c1-8-9-12(2)15-11-10-13(3)16-17(15)18(21-5)14(4)19(22-6)20(16)23-7/h8,12-13,15H,1,9-11H2,2-7H3/t12?,13-,15+/m0/s1. The molecule has 3 nitrogen and oxygen atoms in total. The van der Waals surface area contributed by atoms with Gasteiger partial charge >= 0.3 is 0 Å². The Morgan fingerprint density at radius 1 is 1.04 bits per heavy atom. The van der Waals surface area contributed by atoms with Crippen LogP contribution in [0.5, 0.6) is 17.2 Å². The highest BCUT2D eigenvalue weighted by Gasteiger charge is 2.36. The maximum Gasteiger partial charge on any atom is 0.167 e. The van der Waals surface area contributed by atoms with Gasteiger partial charge in [-0.15, -0.1) is 6.58 Å². The first-order valence-electron chi connectivity index (χ1n) is 8.44. The molecule has 2 rings (SSSR count). The van der Waals surface area contributed by atoms with Crippen LogP contribution in [0.25, 0.3) is 0 Å². The second-order valence-corrected chi connectivity index (χ2v) is 6.64. The number of ether oxygens (including phenoxy) is 3. The van der Waals surface area contributed by atoms with Gasteiger partial charge in [-0.1, -0.05) is 19.9 Å². The number of hydrogen-bond donors (Lipinski definition) is 0. The van der Waals surface area contributed by atoms with Crippen molar-refractivity contribution in [2.24, 2.45) is 5.92 Å². The van der Waals surface area contributed by atoms with Crippen LogP contribution in [0.2, 0.25) is 0 Å². The van der Waals surface area contributed by atoms with Gasteiger partial charge in [0.1, 0.15) is 5.75 Å². The van der Waals surface area contributed by atoms with Gasteiger partial charge in [-0.3, -0.25) is 0 Å². The third-order valence-electron chi connectivity index (χ3n) is 5.28. The first-order valence-corrected chi connectivity index (χ1v) is 8.44.